The third-order valence-corrected chi connectivity index (χ3v) is 2.81. The van der Waals surface area contributed by atoms with Gasteiger partial charge >= 0.3 is 0 Å². The summed E-state index contributed by atoms with van der Waals surface area (Å²) in [4.78, 5) is 4.25. The Balaban J connectivity index is 2.23. The van der Waals surface area contributed by atoms with Crippen molar-refractivity contribution >= 4 is 0 Å². The molecular weight excluding hydrogens is 244 g/mol. The van der Waals surface area contributed by atoms with Crippen LogP contribution in [0.2, 0.25) is 0 Å². The number of hydrogen-bond acceptors (Lipinski definition) is 5. The molecule has 0 saturated heterocycles. The quantitative estimate of drug-likeness (QED) is 0.864. The van der Waals surface area contributed by atoms with Crippen molar-refractivity contribution < 1.29 is 13.9 Å². The number of hydrogen-bond donors (Lipinski definition) is 1. The Kier molecular flexibility index (Phi) is 4.41. The van der Waals surface area contributed by atoms with Gasteiger partial charge in [0.15, 0.2) is 23.1 Å². The molecule has 0 aliphatic rings. The molecule has 1 heterocycles. The Morgan fingerprint density at radius 3 is 2.68 bits per heavy atom. The minimum absolute atomic E-state index is 0.674. The predicted molar refractivity (Wildman–Crippen MR) is 72.7 cm³/mol. The lowest BCUT2D eigenvalue weighted by Crippen LogP contribution is -2.10. The van der Waals surface area contributed by atoms with E-state index in [0.717, 1.165) is 30.2 Å². The van der Waals surface area contributed by atoms with Crippen LogP contribution in [0.5, 0.6) is 11.5 Å². The molecule has 102 valence electrons. The molecule has 5 nitrogen and oxygen atoms in total. The van der Waals surface area contributed by atoms with Crippen molar-refractivity contribution in [3.05, 3.63) is 30.3 Å². The van der Waals surface area contributed by atoms with Crippen LogP contribution in [0.4, 0.5) is 0 Å². The minimum Gasteiger partial charge on any atom is -0.493 e. The number of oxazole rings is 1. The van der Waals surface area contributed by atoms with Gasteiger partial charge in [0.1, 0.15) is 0 Å². The Bertz CT molecular complexity index is 537. The van der Waals surface area contributed by atoms with Crippen LogP contribution in [0, 0.1) is 0 Å². The molecule has 0 saturated carbocycles. The van der Waals surface area contributed by atoms with E-state index in [-0.39, 0.29) is 0 Å². The summed E-state index contributed by atoms with van der Waals surface area (Å²) in [5.74, 6) is 2.82. The fourth-order valence-corrected chi connectivity index (χ4v) is 1.78. The van der Waals surface area contributed by atoms with E-state index in [1.807, 2.05) is 25.2 Å². The summed E-state index contributed by atoms with van der Waals surface area (Å²) in [7, 11) is 5.13. The van der Waals surface area contributed by atoms with Gasteiger partial charge in [0, 0.05) is 18.5 Å². The smallest absolute Gasteiger partial charge is 0.196 e. The summed E-state index contributed by atoms with van der Waals surface area (Å²) < 4.78 is 16.2. The summed E-state index contributed by atoms with van der Waals surface area (Å²) in [6.07, 6.45) is 2.50. The lowest BCUT2D eigenvalue weighted by atomic mass is 10.1. The van der Waals surface area contributed by atoms with Crippen LogP contribution < -0.4 is 14.8 Å². The maximum atomic E-state index is 5.70. The van der Waals surface area contributed by atoms with E-state index in [4.69, 9.17) is 13.9 Å². The molecular formula is C14H18N2O3. The maximum Gasteiger partial charge on any atom is 0.196 e. The molecule has 0 aliphatic heterocycles. The van der Waals surface area contributed by atoms with Gasteiger partial charge in [-0.2, -0.15) is 0 Å². The first-order chi connectivity index (χ1) is 9.28. The molecule has 5 heteroatoms. The molecule has 1 aromatic heterocycles. The van der Waals surface area contributed by atoms with E-state index in [1.165, 1.54) is 0 Å². The number of nitrogens with zero attached hydrogens (tertiary/aromatic N) is 1. The highest BCUT2D eigenvalue weighted by atomic mass is 16.5. The summed E-state index contributed by atoms with van der Waals surface area (Å²) >= 11 is 0. The summed E-state index contributed by atoms with van der Waals surface area (Å²) in [6.45, 7) is 0.839. The predicted octanol–water partition coefficient (Wildman–Crippen LogP) is 2.12. The van der Waals surface area contributed by atoms with Crippen molar-refractivity contribution in [2.75, 3.05) is 27.8 Å². The van der Waals surface area contributed by atoms with E-state index < -0.39 is 0 Å². The Morgan fingerprint density at radius 2 is 2.00 bits per heavy atom. The number of benzene rings is 1. The summed E-state index contributed by atoms with van der Waals surface area (Å²) in [5.41, 5.74) is 0.917. The molecule has 0 spiro atoms. The standard InChI is InChI=1S/C14H18N2O3/c1-15-7-6-14-16-9-13(19-14)10-4-5-11(17-2)12(8-10)18-3/h4-5,8-9,15H,6-7H2,1-3H3. The first-order valence-corrected chi connectivity index (χ1v) is 6.10. The van der Waals surface area contributed by atoms with E-state index in [2.05, 4.69) is 10.3 Å². The highest BCUT2D eigenvalue weighted by Gasteiger charge is 2.10. The molecule has 0 bridgehead atoms. The van der Waals surface area contributed by atoms with Crippen LogP contribution in [0.1, 0.15) is 5.89 Å². The van der Waals surface area contributed by atoms with E-state index in [0.29, 0.717) is 11.5 Å². The van der Waals surface area contributed by atoms with E-state index >= 15 is 0 Å². The fourth-order valence-electron chi connectivity index (χ4n) is 1.78. The monoisotopic (exact) mass is 262 g/mol. The molecule has 1 aromatic carbocycles. The average molecular weight is 262 g/mol. The summed E-state index contributed by atoms with van der Waals surface area (Å²) in [6, 6.07) is 5.65. The topological polar surface area (TPSA) is 56.5 Å². The van der Waals surface area contributed by atoms with Crippen molar-refractivity contribution in [1.82, 2.24) is 10.3 Å². The Labute approximate surface area is 112 Å². The second-order valence-electron chi connectivity index (χ2n) is 4.04. The molecule has 0 radical (unpaired) electrons. The van der Waals surface area contributed by atoms with Gasteiger partial charge in [-0.25, -0.2) is 4.98 Å². The first kappa shape index (κ1) is 13.4. The fraction of sp³-hybridized carbons (Fsp3) is 0.357. The molecule has 2 aromatic rings. The van der Waals surface area contributed by atoms with Crippen LogP contribution in [-0.4, -0.2) is 32.8 Å². The molecule has 0 fully saturated rings. The van der Waals surface area contributed by atoms with Crippen molar-refractivity contribution in [3.8, 4) is 22.8 Å². The van der Waals surface area contributed by atoms with Gasteiger partial charge in [0.2, 0.25) is 0 Å². The van der Waals surface area contributed by atoms with Crippen LogP contribution in [0.25, 0.3) is 11.3 Å². The maximum absolute atomic E-state index is 5.70. The SMILES string of the molecule is CNCCc1ncc(-c2ccc(OC)c(OC)c2)o1. The second kappa shape index (κ2) is 6.24. The zero-order valence-electron chi connectivity index (χ0n) is 11.4. The largest absolute Gasteiger partial charge is 0.493 e. The van der Waals surface area contributed by atoms with Crippen molar-refractivity contribution in [3.63, 3.8) is 0 Å². The summed E-state index contributed by atoms with van der Waals surface area (Å²) in [5, 5.41) is 3.06. The zero-order valence-corrected chi connectivity index (χ0v) is 11.4. The van der Waals surface area contributed by atoms with Gasteiger partial charge < -0.3 is 19.2 Å². The normalized spacial score (nSPS) is 10.5. The second-order valence-corrected chi connectivity index (χ2v) is 4.04. The highest BCUT2D eigenvalue weighted by molar-refractivity contribution is 5.62. The lowest BCUT2D eigenvalue weighted by molar-refractivity contribution is 0.355. The molecule has 0 unspecified atom stereocenters. The van der Waals surface area contributed by atoms with Gasteiger partial charge in [-0.1, -0.05) is 0 Å². The lowest BCUT2D eigenvalue weighted by Gasteiger charge is -2.08. The van der Waals surface area contributed by atoms with Crippen LogP contribution in [0.15, 0.2) is 28.8 Å². The molecule has 19 heavy (non-hydrogen) atoms. The third kappa shape index (κ3) is 3.06. The van der Waals surface area contributed by atoms with E-state index in [9.17, 15) is 0 Å². The molecule has 0 amide bonds. The van der Waals surface area contributed by atoms with Crippen molar-refractivity contribution in [2.24, 2.45) is 0 Å². The minimum atomic E-state index is 0.674. The zero-order chi connectivity index (χ0) is 13.7. The molecule has 0 aliphatic carbocycles. The van der Waals surface area contributed by atoms with Gasteiger partial charge in [-0.15, -0.1) is 0 Å². The number of nitrogens with one attached hydrogen (secondary N) is 1. The van der Waals surface area contributed by atoms with Gasteiger partial charge in [-0.3, -0.25) is 0 Å². The van der Waals surface area contributed by atoms with Gasteiger partial charge in [0.05, 0.1) is 20.4 Å². The van der Waals surface area contributed by atoms with Crippen LogP contribution in [0.3, 0.4) is 0 Å². The van der Waals surface area contributed by atoms with Crippen molar-refractivity contribution in [1.29, 1.82) is 0 Å². The average Bonchev–Trinajstić information content (AvgIpc) is 2.93. The Hall–Kier alpha value is -2.01. The third-order valence-electron chi connectivity index (χ3n) is 2.81. The van der Waals surface area contributed by atoms with E-state index in [1.54, 1.807) is 20.4 Å². The number of likely N-dealkylation sites (N-methyl/N-ethyl adjacent to an activating group) is 1. The first-order valence-electron chi connectivity index (χ1n) is 6.10. The van der Waals surface area contributed by atoms with Crippen molar-refractivity contribution in [2.45, 2.75) is 6.42 Å². The van der Waals surface area contributed by atoms with Gasteiger partial charge in [-0.05, 0) is 25.2 Å². The Morgan fingerprint density at radius 1 is 1.21 bits per heavy atom. The number of rotatable bonds is 6. The highest BCUT2D eigenvalue weighted by Crippen LogP contribution is 2.32. The molecule has 0 atom stereocenters. The van der Waals surface area contributed by atoms with Crippen LogP contribution >= 0.6 is 0 Å². The number of ether oxygens (including phenoxy) is 2. The number of methoxy groups -OCH3 is 2. The van der Waals surface area contributed by atoms with Gasteiger partial charge in [0.25, 0.3) is 0 Å². The number of aromatic nitrogens is 1. The van der Waals surface area contributed by atoms with Crippen LogP contribution in [-0.2, 0) is 6.42 Å². The molecule has 1 N–H and O–H groups in total. The molecule has 2 rings (SSSR count).